The third-order valence-corrected chi connectivity index (χ3v) is 2.38. The fourth-order valence-electron chi connectivity index (χ4n) is 1.33. The average Bonchev–Trinajstić information content (AvgIpc) is 2.27. The molecule has 0 spiro atoms. The minimum Gasteiger partial charge on any atom is -0.465 e. The van der Waals surface area contributed by atoms with Crippen LogP contribution in [0.25, 0.3) is 0 Å². The second-order valence-electron chi connectivity index (χ2n) is 3.74. The quantitative estimate of drug-likeness (QED) is 0.652. The molecule has 1 aliphatic carbocycles. The van der Waals surface area contributed by atoms with Crippen LogP contribution in [-0.4, -0.2) is 25.8 Å². The van der Waals surface area contributed by atoms with Gasteiger partial charge >= 0.3 is 5.97 Å². The number of rotatable bonds is 5. The Balaban J connectivity index is 2.16. The van der Waals surface area contributed by atoms with Gasteiger partial charge in [0.2, 0.25) is 0 Å². The monoisotopic (exact) mass is 210 g/mol. The summed E-state index contributed by atoms with van der Waals surface area (Å²) in [6.07, 6.45) is 9.33. The van der Waals surface area contributed by atoms with Crippen LogP contribution in [0.15, 0.2) is 24.3 Å². The molecule has 0 N–H and O–H groups in total. The normalized spacial score (nSPS) is 21.3. The molecule has 3 nitrogen and oxygen atoms in total. The summed E-state index contributed by atoms with van der Waals surface area (Å²) in [5, 5.41) is 0. The van der Waals surface area contributed by atoms with Gasteiger partial charge in [-0.05, 0) is 13.3 Å². The van der Waals surface area contributed by atoms with Crippen LogP contribution in [0.4, 0.5) is 0 Å². The van der Waals surface area contributed by atoms with E-state index >= 15 is 0 Å². The predicted molar refractivity (Wildman–Crippen MR) is 58.4 cm³/mol. The fourth-order valence-corrected chi connectivity index (χ4v) is 1.33. The molecule has 3 heteroatoms. The van der Waals surface area contributed by atoms with Crippen LogP contribution >= 0.6 is 0 Å². The molecule has 1 aliphatic rings. The third kappa shape index (κ3) is 4.79. The SMILES string of the molecule is COC(C)CC(=O)OCC1C=CC=CC1. The lowest BCUT2D eigenvalue weighted by Crippen LogP contribution is -2.18. The molecule has 84 valence electrons. The maximum absolute atomic E-state index is 11.3. The molecule has 15 heavy (non-hydrogen) atoms. The van der Waals surface area contributed by atoms with Crippen LogP contribution in [0.1, 0.15) is 19.8 Å². The highest BCUT2D eigenvalue weighted by atomic mass is 16.5. The summed E-state index contributed by atoms with van der Waals surface area (Å²) >= 11 is 0. The van der Waals surface area contributed by atoms with Gasteiger partial charge in [0, 0.05) is 13.0 Å². The van der Waals surface area contributed by atoms with Crippen molar-refractivity contribution in [1.82, 2.24) is 0 Å². The predicted octanol–water partition coefficient (Wildman–Crippen LogP) is 2.09. The fraction of sp³-hybridized carbons (Fsp3) is 0.583. The van der Waals surface area contributed by atoms with E-state index in [1.54, 1.807) is 7.11 Å². The van der Waals surface area contributed by atoms with Gasteiger partial charge in [-0.15, -0.1) is 0 Å². The van der Waals surface area contributed by atoms with Gasteiger partial charge in [-0.3, -0.25) is 4.79 Å². The molecule has 0 saturated heterocycles. The number of methoxy groups -OCH3 is 1. The van der Waals surface area contributed by atoms with Gasteiger partial charge < -0.3 is 9.47 Å². The topological polar surface area (TPSA) is 35.5 Å². The third-order valence-electron chi connectivity index (χ3n) is 2.38. The first-order valence-electron chi connectivity index (χ1n) is 5.24. The second-order valence-corrected chi connectivity index (χ2v) is 3.74. The number of carbonyl (C=O) groups excluding carboxylic acids is 1. The Hall–Kier alpha value is -1.09. The maximum Gasteiger partial charge on any atom is 0.308 e. The van der Waals surface area contributed by atoms with E-state index in [2.05, 4.69) is 12.2 Å². The van der Waals surface area contributed by atoms with Crippen molar-refractivity contribution in [3.05, 3.63) is 24.3 Å². The van der Waals surface area contributed by atoms with Crippen LogP contribution in [0.3, 0.4) is 0 Å². The molecule has 0 aromatic rings. The number of esters is 1. The molecule has 0 aliphatic heterocycles. The highest BCUT2D eigenvalue weighted by molar-refractivity contribution is 5.69. The van der Waals surface area contributed by atoms with Crippen molar-refractivity contribution in [3.8, 4) is 0 Å². The van der Waals surface area contributed by atoms with Crippen LogP contribution in [0, 0.1) is 5.92 Å². The molecule has 0 amide bonds. The molecule has 0 radical (unpaired) electrons. The van der Waals surface area contributed by atoms with E-state index in [1.165, 1.54) is 0 Å². The number of ether oxygens (including phenoxy) is 2. The Morgan fingerprint density at radius 2 is 2.33 bits per heavy atom. The van der Waals surface area contributed by atoms with Crippen LogP contribution in [-0.2, 0) is 14.3 Å². The number of hydrogen-bond acceptors (Lipinski definition) is 3. The molecule has 0 fully saturated rings. The second kappa shape index (κ2) is 6.40. The van der Waals surface area contributed by atoms with Crippen molar-refractivity contribution in [2.75, 3.05) is 13.7 Å². The molecule has 0 heterocycles. The Bertz CT molecular complexity index is 256. The Labute approximate surface area is 90.8 Å². The maximum atomic E-state index is 11.3. The van der Waals surface area contributed by atoms with Crippen LogP contribution < -0.4 is 0 Å². The van der Waals surface area contributed by atoms with Crippen molar-refractivity contribution in [1.29, 1.82) is 0 Å². The summed E-state index contributed by atoms with van der Waals surface area (Å²) in [5.74, 6) is 0.143. The zero-order chi connectivity index (χ0) is 11.1. The van der Waals surface area contributed by atoms with E-state index in [0.29, 0.717) is 18.9 Å². The van der Waals surface area contributed by atoms with Gasteiger partial charge in [0.1, 0.15) is 0 Å². The molecule has 1 rings (SSSR count). The zero-order valence-electron chi connectivity index (χ0n) is 9.31. The summed E-state index contributed by atoms with van der Waals surface area (Å²) < 4.78 is 10.1. The van der Waals surface area contributed by atoms with Gasteiger partial charge in [-0.2, -0.15) is 0 Å². The Morgan fingerprint density at radius 1 is 1.53 bits per heavy atom. The largest absolute Gasteiger partial charge is 0.465 e. The smallest absolute Gasteiger partial charge is 0.308 e. The standard InChI is InChI=1S/C12H18O3/c1-10(14-2)8-12(13)15-9-11-6-4-3-5-7-11/h3-6,10-11H,7-9H2,1-2H3. The number of hydrogen-bond donors (Lipinski definition) is 0. The van der Waals surface area contributed by atoms with Gasteiger partial charge in [-0.1, -0.05) is 24.3 Å². The lowest BCUT2D eigenvalue weighted by Gasteiger charge is -2.14. The number of carbonyl (C=O) groups is 1. The first-order chi connectivity index (χ1) is 7.22. The molecule has 0 bridgehead atoms. The molecule has 2 atom stereocenters. The summed E-state index contributed by atoms with van der Waals surface area (Å²) in [7, 11) is 1.59. The first-order valence-corrected chi connectivity index (χ1v) is 5.24. The lowest BCUT2D eigenvalue weighted by atomic mass is 10.0. The zero-order valence-corrected chi connectivity index (χ0v) is 9.31. The van der Waals surface area contributed by atoms with Gasteiger partial charge in [0.05, 0.1) is 19.1 Å². The van der Waals surface area contributed by atoms with Gasteiger partial charge in [-0.25, -0.2) is 0 Å². The van der Waals surface area contributed by atoms with Crippen molar-refractivity contribution in [2.45, 2.75) is 25.9 Å². The van der Waals surface area contributed by atoms with Gasteiger partial charge in [0.15, 0.2) is 0 Å². The molecular weight excluding hydrogens is 192 g/mol. The summed E-state index contributed by atoms with van der Waals surface area (Å²) in [6.45, 7) is 2.32. The highest BCUT2D eigenvalue weighted by Crippen LogP contribution is 2.12. The van der Waals surface area contributed by atoms with E-state index in [0.717, 1.165) is 6.42 Å². The lowest BCUT2D eigenvalue weighted by molar-refractivity contribution is -0.147. The molecule has 2 unspecified atom stereocenters. The van der Waals surface area contributed by atoms with Crippen molar-refractivity contribution < 1.29 is 14.3 Å². The molecule has 0 saturated carbocycles. The summed E-state index contributed by atoms with van der Waals surface area (Å²) in [5.41, 5.74) is 0. The summed E-state index contributed by atoms with van der Waals surface area (Å²) in [4.78, 5) is 11.3. The molecular formula is C12H18O3. The van der Waals surface area contributed by atoms with Crippen LogP contribution in [0.2, 0.25) is 0 Å². The van der Waals surface area contributed by atoms with Crippen molar-refractivity contribution in [2.24, 2.45) is 5.92 Å². The van der Waals surface area contributed by atoms with Crippen molar-refractivity contribution in [3.63, 3.8) is 0 Å². The van der Waals surface area contributed by atoms with Gasteiger partial charge in [0.25, 0.3) is 0 Å². The minimum atomic E-state index is -0.188. The molecule has 0 aromatic carbocycles. The van der Waals surface area contributed by atoms with E-state index in [-0.39, 0.29) is 12.1 Å². The van der Waals surface area contributed by atoms with E-state index in [1.807, 2.05) is 19.1 Å². The van der Waals surface area contributed by atoms with Crippen molar-refractivity contribution >= 4 is 5.97 Å². The van der Waals surface area contributed by atoms with E-state index < -0.39 is 0 Å². The van der Waals surface area contributed by atoms with E-state index in [4.69, 9.17) is 9.47 Å². The molecule has 0 aromatic heterocycles. The number of allylic oxidation sites excluding steroid dienone is 3. The van der Waals surface area contributed by atoms with Crippen LogP contribution in [0.5, 0.6) is 0 Å². The Morgan fingerprint density at radius 3 is 2.93 bits per heavy atom. The van der Waals surface area contributed by atoms with E-state index in [9.17, 15) is 4.79 Å². The summed E-state index contributed by atoms with van der Waals surface area (Å²) in [6, 6.07) is 0. The Kier molecular flexibility index (Phi) is 5.12. The average molecular weight is 210 g/mol. The highest BCUT2D eigenvalue weighted by Gasteiger charge is 2.12. The minimum absolute atomic E-state index is 0.0701. The first kappa shape index (κ1) is 12.0.